The third-order valence-corrected chi connectivity index (χ3v) is 4.37. The molecule has 3 rings (SSSR count). The molecule has 0 aliphatic carbocycles. The number of carboxylic acids is 1. The summed E-state index contributed by atoms with van der Waals surface area (Å²) in [6.07, 6.45) is 1.51. The van der Waals surface area contributed by atoms with Crippen LogP contribution in [0.25, 0.3) is 10.8 Å². The average molecular weight is 336 g/mol. The standard InChI is InChI=1S/C21H20O4/c1-13(8-14-2-4-15(5-3-14)21(24)25)9-18-10-16-6-7-19(22)11-17(16)12-20(18)23/h2-7,10-13,22-23H,8-9H2,1H3,(H,24,25). The minimum atomic E-state index is -0.924. The van der Waals surface area contributed by atoms with Crippen LogP contribution in [0.2, 0.25) is 0 Å². The molecule has 0 saturated heterocycles. The Labute approximate surface area is 146 Å². The predicted octanol–water partition coefficient (Wildman–Crippen LogP) is 4.37. The Kier molecular flexibility index (Phi) is 4.61. The summed E-state index contributed by atoms with van der Waals surface area (Å²) < 4.78 is 0. The predicted molar refractivity (Wildman–Crippen MR) is 97.3 cm³/mol. The molecule has 1 unspecified atom stereocenters. The van der Waals surface area contributed by atoms with Crippen molar-refractivity contribution in [1.82, 2.24) is 0 Å². The van der Waals surface area contributed by atoms with E-state index in [1.54, 1.807) is 30.3 Å². The van der Waals surface area contributed by atoms with Crippen LogP contribution in [0.3, 0.4) is 0 Å². The van der Waals surface area contributed by atoms with E-state index in [0.29, 0.717) is 6.42 Å². The van der Waals surface area contributed by atoms with Gasteiger partial charge in [-0.2, -0.15) is 0 Å². The number of aromatic carboxylic acids is 1. The highest BCUT2D eigenvalue weighted by molar-refractivity contribution is 5.87. The number of rotatable bonds is 5. The molecule has 0 radical (unpaired) electrons. The molecule has 3 aromatic carbocycles. The molecular weight excluding hydrogens is 316 g/mol. The summed E-state index contributed by atoms with van der Waals surface area (Å²) in [5.41, 5.74) is 2.22. The highest BCUT2D eigenvalue weighted by atomic mass is 16.4. The van der Waals surface area contributed by atoms with Crippen molar-refractivity contribution in [3.05, 3.63) is 71.3 Å². The van der Waals surface area contributed by atoms with Crippen molar-refractivity contribution in [2.45, 2.75) is 19.8 Å². The Morgan fingerprint density at radius 1 is 0.920 bits per heavy atom. The molecule has 0 aliphatic heterocycles. The lowest BCUT2D eigenvalue weighted by atomic mass is 9.92. The fourth-order valence-electron chi connectivity index (χ4n) is 3.12. The molecule has 0 bridgehead atoms. The third kappa shape index (κ3) is 3.91. The number of phenols is 2. The van der Waals surface area contributed by atoms with E-state index < -0.39 is 5.97 Å². The van der Waals surface area contributed by atoms with Crippen LogP contribution in [0.5, 0.6) is 11.5 Å². The van der Waals surface area contributed by atoms with E-state index in [-0.39, 0.29) is 23.0 Å². The van der Waals surface area contributed by atoms with Crippen molar-refractivity contribution in [2.24, 2.45) is 5.92 Å². The summed E-state index contributed by atoms with van der Waals surface area (Å²) in [5, 5.41) is 30.5. The van der Waals surface area contributed by atoms with Gasteiger partial charge >= 0.3 is 5.97 Å². The highest BCUT2D eigenvalue weighted by Crippen LogP contribution is 2.29. The number of carbonyl (C=O) groups is 1. The minimum Gasteiger partial charge on any atom is -0.508 e. The topological polar surface area (TPSA) is 77.8 Å². The minimum absolute atomic E-state index is 0.179. The van der Waals surface area contributed by atoms with Crippen molar-refractivity contribution < 1.29 is 20.1 Å². The SMILES string of the molecule is CC(Cc1ccc(C(=O)O)cc1)Cc1cc2ccc(O)cc2cc1O. The van der Waals surface area contributed by atoms with Crippen molar-refractivity contribution >= 4 is 16.7 Å². The fraction of sp³-hybridized carbons (Fsp3) is 0.190. The first-order chi connectivity index (χ1) is 11.9. The highest BCUT2D eigenvalue weighted by Gasteiger charge is 2.11. The number of phenolic OH excluding ortho intramolecular Hbond substituents is 2. The van der Waals surface area contributed by atoms with Crippen LogP contribution in [0.15, 0.2) is 54.6 Å². The molecule has 0 heterocycles. The summed E-state index contributed by atoms with van der Waals surface area (Å²) in [6, 6.07) is 15.6. The molecule has 1 atom stereocenters. The molecule has 0 spiro atoms. The molecule has 3 N–H and O–H groups in total. The number of carboxylic acid groups (broad SMARTS) is 1. The van der Waals surface area contributed by atoms with E-state index >= 15 is 0 Å². The van der Waals surface area contributed by atoms with Gasteiger partial charge in [-0.1, -0.05) is 25.1 Å². The van der Waals surface area contributed by atoms with Crippen LogP contribution in [-0.2, 0) is 12.8 Å². The van der Waals surface area contributed by atoms with Gasteiger partial charge in [0.25, 0.3) is 0 Å². The van der Waals surface area contributed by atoms with Crippen molar-refractivity contribution in [2.75, 3.05) is 0 Å². The van der Waals surface area contributed by atoms with Gasteiger partial charge in [0.2, 0.25) is 0 Å². The van der Waals surface area contributed by atoms with Gasteiger partial charge in [-0.05, 0) is 77.1 Å². The number of hydrogen-bond donors (Lipinski definition) is 3. The summed E-state index contributed by atoms with van der Waals surface area (Å²) in [5.74, 6) is -0.230. The van der Waals surface area contributed by atoms with E-state index in [2.05, 4.69) is 6.92 Å². The molecule has 0 saturated carbocycles. The second kappa shape index (κ2) is 6.85. The van der Waals surface area contributed by atoms with E-state index in [4.69, 9.17) is 5.11 Å². The zero-order valence-electron chi connectivity index (χ0n) is 13.9. The van der Waals surface area contributed by atoms with E-state index in [1.165, 1.54) is 0 Å². The van der Waals surface area contributed by atoms with Crippen molar-refractivity contribution in [1.29, 1.82) is 0 Å². The van der Waals surface area contributed by atoms with Gasteiger partial charge in [0, 0.05) is 0 Å². The van der Waals surface area contributed by atoms with Gasteiger partial charge in [0.1, 0.15) is 11.5 Å². The lowest BCUT2D eigenvalue weighted by Gasteiger charge is -2.14. The van der Waals surface area contributed by atoms with Gasteiger partial charge in [0.05, 0.1) is 5.56 Å². The maximum atomic E-state index is 10.9. The maximum Gasteiger partial charge on any atom is 0.335 e. The molecular formula is C21H20O4. The van der Waals surface area contributed by atoms with Crippen LogP contribution in [0, 0.1) is 5.92 Å². The molecule has 4 heteroatoms. The quantitative estimate of drug-likeness (QED) is 0.646. The third-order valence-electron chi connectivity index (χ3n) is 4.37. The Morgan fingerprint density at radius 3 is 2.32 bits per heavy atom. The summed E-state index contributed by atoms with van der Waals surface area (Å²) in [7, 11) is 0. The van der Waals surface area contributed by atoms with Crippen LogP contribution < -0.4 is 0 Å². The smallest absolute Gasteiger partial charge is 0.335 e. The van der Waals surface area contributed by atoms with E-state index in [0.717, 1.165) is 28.3 Å². The number of aromatic hydroxyl groups is 2. The number of benzene rings is 3. The van der Waals surface area contributed by atoms with Gasteiger partial charge < -0.3 is 15.3 Å². The van der Waals surface area contributed by atoms with Gasteiger partial charge in [-0.25, -0.2) is 4.79 Å². The van der Waals surface area contributed by atoms with Gasteiger partial charge in [-0.3, -0.25) is 0 Å². The van der Waals surface area contributed by atoms with E-state index in [9.17, 15) is 15.0 Å². The first-order valence-corrected chi connectivity index (χ1v) is 8.19. The molecule has 3 aromatic rings. The average Bonchev–Trinajstić information content (AvgIpc) is 2.56. The monoisotopic (exact) mass is 336 g/mol. The van der Waals surface area contributed by atoms with Crippen LogP contribution >= 0.6 is 0 Å². The Bertz CT molecular complexity index is 913. The Balaban J connectivity index is 1.75. The first-order valence-electron chi connectivity index (χ1n) is 8.19. The number of fused-ring (bicyclic) bond motifs is 1. The molecule has 128 valence electrons. The fourth-order valence-corrected chi connectivity index (χ4v) is 3.12. The van der Waals surface area contributed by atoms with Crippen LogP contribution in [0.1, 0.15) is 28.4 Å². The van der Waals surface area contributed by atoms with Crippen molar-refractivity contribution in [3.8, 4) is 11.5 Å². The molecule has 0 aliphatic rings. The van der Waals surface area contributed by atoms with Crippen LogP contribution in [0.4, 0.5) is 0 Å². The van der Waals surface area contributed by atoms with Gasteiger partial charge in [0.15, 0.2) is 0 Å². The number of hydrogen-bond acceptors (Lipinski definition) is 3. The zero-order valence-corrected chi connectivity index (χ0v) is 13.9. The maximum absolute atomic E-state index is 10.9. The molecule has 4 nitrogen and oxygen atoms in total. The Morgan fingerprint density at radius 2 is 1.64 bits per heavy atom. The van der Waals surface area contributed by atoms with Crippen LogP contribution in [-0.4, -0.2) is 21.3 Å². The molecule has 25 heavy (non-hydrogen) atoms. The summed E-state index contributed by atoms with van der Waals surface area (Å²) >= 11 is 0. The normalized spacial score (nSPS) is 12.2. The summed E-state index contributed by atoms with van der Waals surface area (Å²) in [6.45, 7) is 2.10. The van der Waals surface area contributed by atoms with E-state index in [1.807, 2.05) is 24.3 Å². The zero-order chi connectivity index (χ0) is 18.0. The Hall–Kier alpha value is -3.01. The molecule has 0 amide bonds. The van der Waals surface area contributed by atoms with Crippen molar-refractivity contribution in [3.63, 3.8) is 0 Å². The largest absolute Gasteiger partial charge is 0.508 e. The lowest BCUT2D eigenvalue weighted by molar-refractivity contribution is 0.0697. The lowest BCUT2D eigenvalue weighted by Crippen LogP contribution is -2.05. The van der Waals surface area contributed by atoms with Gasteiger partial charge in [-0.15, -0.1) is 0 Å². The molecule has 0 fully saturated rings. The first kappa shape index (κ1) is 16.8. The summed E-state index contributed by atoms with van der Waals surface area (Å²) in [4.78, 5) is 10.9. The second-order valence-corrected chi connectivity index (χ2v) is 6.53. The molecule has 0 aromatic heterocycles. The second-order valence-electron chi connectivity index (χ2n) is 6.53.